The minimum absolute atomic E-state index is 0.439. The first-order valence-electron chi connectivity index (χ1n) is 7.64. The van der Waals surface area contributed by atoms with Crippen LogP contribution in [0, 0.1) is 0 Å². The Morgan fingerprint density at radius 3 is 2.62 bits per heavy atom. The molecule has 0 radical (unpaired) electrons. The molecule has 8 heteroatoms. The molecular formula is C16H16ClN5OS. The number of anilines is 1. The van der Waals surface area contributed by atoms with Gasteiger partial charge in [-0.3, -0.25) is 0 Å². The minimum Gasteiger partial charge on any atom is -0.497 e. The Morgan fingerprint density at radius 1 is 1.17 bits per heavy atom. The molecule has 0 spiro atoms. The van der Waals surface area contributed by atoms with E-state index in [0.717, 1.165) is 47.3 Å². The second kappa shape index (κ2) is 6.49. The molecule has 4 rings (SSSR count). The van der Waals surface area contributed by atoms with E-state index in [-0.39, 0.29) is 0 Å². The Morgan fingerprint density at radius 2 is 1.92 bits per heavy atom. The summed E-state index contributed by atoms with van der Waals surface area (Å²) in [4.78, 5) is 10.9. The Kier molecular flexibility index (Phi) is 4.20. The normalized spacial score (nSPS) is 15.0. The maximum Gasteiger partial charge on any atom is 0.255 e. The number of hydrogen-bond acceptors (Lipinski definition) is 6. The molecule has 1 aliphatic heterocycles. The summed E-state index contributed by atoms with van der Waals surface area (Å²) in [5.41, 5.74) is 1.86. The summed E-state index contributed by atoms with van der Waals surface area (Å²) in [5, 5.41) is 4.80. The fraction of sp³-hybridized carbons (Fsp3) is 0.312. The van der Waals surface area contributed by atoms with E-state index in [1.807, 2.05) is 36.0 Å². The Balaban J connectivity index is 1.93. The molecule has 0 saturated carbocycles. The van der Waals surface area contributed by atoms with Crippen molar-refractivity contribution < 1.29 is 4.74 Å². The number of ether oxygens (including phenoxy) is 1. The van der Waals surface area contributed by atoms with Gasteiger partial charge in [0, 0.05) is 24.6 Å². The van der Waals surface area contributed by atoms with Gasteiger partial charge >= 0.3 is 0 Å². The number of hydrogen-bond donors (Lipinski definition) is 0. The number of benzene rings is 1. The topological polar surface area (TPSA) is 55.6 Å². The van der Waals surface area contributed by atoms with Crippen LogP contribution in [0.15, 0.2) is 30.6 Å². The zero-order chi connectivity index (χ0) is 16.5. The molecule has 24 heavy (non-hydrogen) atoms. The molecule has 0 atom stereocenters. The maximum absolute atomic E-state index is 6.54. The smallest absolute Gasteiger partial charge is 0.255 e. The van der Waals surface area contributed by atoms with Crippen LogP contribution in [0.1, 0.15) is 0 Å². The Hall–Kier alpha value is -1.99. The maximum atomic E-state index is 6.54. The second-order valence-electron chi connectivity index (χ2n) is 5.40. The van der Waals surface area contributed by atoms with Gasteiger partial charge in [0.1, 0.15) is 23.0 Å². The SMILES string of the molecule is COc1ccc(-c2c(Cl)nc3ncnn3c2N2CCSCC2)cc1. The van der Waals surface area contributed by atoms with Gasteiger partial charge in [0.2, 0.25) is 0 Å². The van der Waals surface area contributed by atoms with E-state index in [2.05, 4.69) is 20.0 Å². The van der Waals surface area contributed by atoms with Crippen LogP contribution in [-0.2, 0) is 0 Å². The van der Waals surface area contributed by atoms with Crippen molar-refractivity contribution in [3.8, 4) is 16.9 Å². The molecule has 1 fully saturated rings. The van der Waals surface area contributed by atoms with Crippen molar-refractivity contribution in [3.63, 3.8) is 0 Å². The predicted octanol–water partition coefficient (Wildman–Crippen LogP) is 3.01. The van der Waals surface area contributed by atoms with Crippen molar-refractivity contribution in [1.29, 1.82) is 0 Å². The highest BCUT2D eigenvalue weighted by molar-refractivity contribution is 7.99. The Bertz CT molecular complexity index is 861. The molecule has 0 N–H and O–H groups in total. The Labute approximate surface area is 148 Å². The summed E-state index contributed by atoms with van der Waals surface area (Å²) < 4.78 is 7.03. The third-order valence-corrected chi connectivity index (χ3v) is 5.26. The number of fused-ring (bicyclic) bond motifs is 1. The van der Waals surface area contributed by atoms with E-state index in [9.17, 15) is 0 Å². The summed E-state index contributed by atoms with van der Waals surface area (Å²) in [6.45, 7) is 1.90. The third-order valence-electron chi connectivity index (χ3n) is 4.05. The molecule has 1 aliphatic rings. The lowest BCUT2D eigenvalue weighted by Crippen LogP contribution is -2.34. The van der Waals surface area contributed by atoms with Gasteiger partial charge in [-0.05, 0) is 17.7 Å². The van der Waals surface area contributed by atoms with E-state index in [4.69, 9.17) is 16.3 Å². The van der Waals surface area contributed by atoms with Crippen molar-refractivity contribution in [3.05, 3.63) is 35.7 Å². The largest absolute Gasteiger partial charge is 0.497 e. The van der Waals surface area contributed by atoms with Gasteiger partial charge in [0.25, 0.3) is 5.78 Å². The van der Waals surface area contributed by atoms with Crippen LogP contribution >= 0.6 is 23.4 Å². The van der Waals surface area contributed by atoms with Crippen LogP contribution in [-0.4, -0.2) is 51.3 Å². The summed E-state index contributed by atoms with van der Waals surface area (Å²) in [5.74, 6) is 4.44. The first-order valence-corrected chi connectivity index (χ1v) is 9.17. The van der Waals surface area contributed by atoms with Crippen LogP contribution < -0.4 is 9.64 Å². The quantitative estimate of drug-likeness (QED) is 0.668. The monoisotopic (exact) mass is 361 g/mol. The van der Waals surface area contributed by atoms with E-state index in [1.54, 1.807) is 11.6 Å². The van der Waals surface area contributed by atoms with Gasteiger partial charge in [0.15, 0.2) is 0 Å². The van der Waals surface area contributed by atoms with Crippen molar-refractivity contribution in [2.45, 2.75) is 0 Å². The average molecular weight is 362 g/mol. The van der Waals surface area contributed by atoms with Gasteiger partial charge in [-0.25, -0.2) is 0 Å². The number of nitrogens with zero attached hydrogens (tertiary/aromatic N) is 5. The molecule has 3 aromatic rings. The van der Waals surface area contributed by atoms with Gasteiger partial charge in [-0.1, -0.05) is 23.7 Å². The minimum atomic E-state index is 0.439. The van der Waals surface area contributed by atoms with E-state index in [1.165, 1.54) is 6.33 Å². The van der Waals surface area contributed by atoms with Crippen LogP contribution in [0.2, 0.25) is 5.15 Å². The summed E-state index contributed by atoms with van der Waals surface area (Å²) in [6, 6.07) is 7.83. The van der Waals surface area contributed by atoms with Crippen molar-refractivity contribution in [2.24, 2.45) is 0 Å². The molecule has 124 valence electrons. The van der Waals surface area contributed by atoms with Crippen LogP contribution in [0.3, 0.4) is 0 Å². The fourth-order valence-electron chi connectivity index (χ4n) is 2.88. The lowest BCUT2D eigenvalue weighted by molar-refractivity contribution is 0.415. The van der Waals surface area contributed by atoms with Gasteiger partial charge in [0.05, 0.1) is 12.7 Å². The molecule has 2 aromatic heterocycles. The standard InChI is InChI=1S/C16H16ClN5OS/c1-23-12-4-2-11(3-5-12)13-14(17)20-16-18-10-19-22(16)15(13)21-6-8-24-9-7-21/h2-5,10H,6-9H2,1H3. The number of aromatic nitrogens is 4. The third kappa shape index (κ3) is 2.67. The molecule has 0 amide bonds. The van der Waals surface area contributed by atoms with E-state index >= 15 is 0 Å². The van der Waals surface area contributed by atoms with Crippen LogP contribution in [0.4, 0.5) is 5.82 Å². The first-order chi connectivity index (χ1) is 11.8. The van der Waals surface area contributed by atoms with Crippen molar-refractivity contribution in [1.82, 2.24) is 19.6 Å². The van der Waals surface area contributed by atoms with E-state index < -0.39 is 0 Å². The van der Waals surface area contributed by atoms with E-state index in [0.29, 0.717) is 10.9 Å². The van der Waals surface area contributed by atoms with Crippen LogP contribution in [0.5, 0.6) is 5.75 Å². The molecular weight excluding hydrogens is 346 g/mol. The molecule has 1 aromatic carbocycles. The molecule has 0 unspecified atom stereocenters. The lowest BCUT2D eigenvalue weighted by atomic mass is 10.1. The number of methoxy groups -OCH3 is 1. The van der Waals surface area contributed by atoms with Gasteiger partial charge < -0.3 is 9.64 Å². The predicted molar refractivity (Wildman–Crippen MR) is 97.3 cm³/mol. The molecule has 6 nitrogen and oxygen atoms in total. The number of rotatable bonds is 3. The highest BCUT2D eigenvalue weighted by Crippen LogP contribution is 2.37. The number of halogens is 1. The molecule has 1 saturated heterocycles. The van der Waals surface area contributed by atoms with Gasteiger partial charge in [-0.15, -0.1) is 0 Å². The summed E-state index contributed by atoms with van der Waals surface area (Å²) in [6.07, 6.45) is 1.51. The van der Waals surface area contributed by atoms with Crippen molar-refractivity contribution >= 4 is 35.0 Å². The van der Waals surface area contributed by atoms with Crippen LogP contribution in [0.25, 0.3) is 16.9 Å². The zero-order valence-corrected chi connectivity index (χ0v) is 14.7. The molecule has 0 bridgehead atoms. The van der Waals surface area contributed by atoms with Gasteiger partial charge in [-0.2, -0.15) is 31.3 Å². The fourth-order valence-corrected chi connectivity index (χ4v) is 4.05. The lowest BCUT2D eigenvalue weighted by Gasteiger charge is -2.30. The molecule has 3 heterocycles. The first kappa shape index (κ1) is 15.5. The summed E-state index contributed by atoms with van der Waals surface area (Å²) in [7, 11) is 1.65. The highest BCUT2D eigenvalue weighted by atomic mass is 35.5. The second-order valence-corrected chi connectivity index (χ2v) is 6.98. The number of thioether (sulfide) groups is 1. The zero-order valence-electron chi connectivity index (χ0n) is 13.1. The molecule has 0 aliphatic carbocycles. The van der Waals surface area contributed by atoms with Crippen molar-refractivity contribution in [2.75, 3.05) is 36.6 Å². The summed E-state index contributed by atoms with van der Waals surface area (Å²) >= 11 is 8.50. The average Bonchev–Trinajstić information content (AvgIpc) is 3.09. The highest BCUT2D eigenvalue weighted by Gasteiger charge is 2.23.